The summed E-state index contributed by atoms with van der Waals surface area (Å²) in [5.41, 5.74) is 9.44. The number of hydrogen-bond acceptors (Lipinski definition) is 0. The molecule has 0 aliphatic carbocycles. The van der Waals surface area contributed by atoms with Crippen LogP contribution in [0.5, 0.6) is 0 Å². The van der Waals surface area contributed by atoms with Crippen molar-refractivity contribution in [2.24, 2.45) is 0 Å². The zero-order valence-corrected chi connectivity index (χ0v) is 20.0. The molecule has 0 aliphatic heterocycles. The highest BCUT2D eigenvalue weighted by Crippen LogP contribution is 2.26. The lowest BCUT2D eigenvalue weighted by molar-refractivity contribution is -0.670. The summed E-state index contributed by atoms with van der Waals surface area (Å²) in [6.45, 7) is 4.24. The van der Waals surface area contributed by atoms with Crippen molar-refractivity contribution in [2.45, 2.75) is 45.7 Å². The van der Waals surface area contributed by atoms with Crippen molar-refractivity contribution in [3.05, 3.63) is 126 Å². The molecule has 0 saturated carbocycles. The van der Waals surface area contributed by atoms with E-state index in [9.17, 15) is 0 Å². The fourth-order valence-corrected chi connectivity index (χ4v) is 4.89. The van der Waals surface area contributed by atoms with E-state index < -0.39 is 0 Å². The van der Waals surface area contributed by atoms with Crippen molar-refractivity contribution < 1.29 is 4.57 Å². The maximum Gasteiger partial charge on any atom is 0.230 e. The van der Waals surface area contributed by atoms with Crippen LogP contribution in [0.4, 0.5) is 0 Å². The predicted octanol–water partition coefficient (Wildman–Crippen LogP) is 7.03. The quantitative estimate of drug-likeness (QED) is 0.215. The van der Waals surface area contributed by atoms with Gasteiger partial charge in [0.15, 0.2) is 12.7 Å². The molecule has 0 fully saturated rings. The van der Waals surface area contributed by atoms with E-state index in [1.54, 1.807) is 0 Å². The monoisotopic (exact) mass is 445 g/mol. The average Bonchev–Trinajstić information content (AvgIpc) is 3.25. The Labute approximate surface area is 203 Å². The van der Waals surface area contributed by atoms with Gasteiger partial charge in [0.1, 0.15) is 5.52 Å². The summed E-state index contributed by atoms with van der Waals surface area (Å²) in [6, 6.07) is 37.3. The molecule has 0 bridgehead atoms. The van der Waals surface area contributed by atoms with E-state index in [0.29, 0.717) is 0 Å². The number of pyridine rings is 1. The molecular weight excluding hydrogens is 412 g/mol. The van der Waals surface area contributed by atoms with Crippen LogP contribution >= 0.6 is 0 Å². The van der Waals surface area contributed by atoms with Gasteiger partial charge in [0.05, 0.1) is 0 Å². The maximum atomic E-state index is 2.57. The molecule has 5 rings (SSSR count). The van der Waals surface area contributed by atoms with E-state index in [2.05, 4.69) is 125 Å². The van der Waals surface area contributed by atoms with Gasteiger partial charge in [0.25, 0.3) is 0 Å². The molecule has 2 aromatic heterocycles. The van der Waals surface area contributed by atoms with Gasteiger partial charge in [0, 0.05) is 30.3 Å². The van der Waals surface area contributed by atoms with Gasteiger partial charge >= 0.3 is 0 Å². The Bertz CT molecular complexity index is 1340. The van der Waals surface area contributed by atoms with E-state index in [4.69, 9.17) is 0 Å². The SMILES string of the molecule is CCCc1cc2c(cc(-c3ccccc3)c[n+]2CCc2ccccc2)n1CCc1ccccc1. The lowest BCUT2D eigenvalue weighted by Crippen LogP contribution is -2.35. The van der Waals surface area contributed by atoms with Crippen molar-refractivity contribution >= 4 is 11.0 Å². The molecule has 0 aliphatic rings. The van der Waals surface area contributed by atoms with Crippen molar-refractivity contribution in [3.8, 4) is 11.1 Å². The van der Waals surface area contributed by atoms with Crippen molar-refractivity contribution in [2.75, 3.05) is 0 Å². The van der Waals surface area contributed by atoms with Crippen LogP contribution in [0, 0.1) is 0 Å². The Morgan fingerprint density at radius 1 is 0.647 bits per heavy atom. The van der Waals surface area contributed by atoms with Crippen molar-refractivity contribution in [3.63, 3.8) is 0 Å². The zero-order valence-electron chi connectivity index (χ0n) is 20.0. The van der Waals surface area contributed by atoms with Crippen molar-refractivity contribution in [1.29, 1.82) is 0 Å². The van der Waals surface area contributed by atoms with Crippen molar-refractivity contribution in [1.82, 2.24) is 4.57 Å². The Balaban J connectivity index is 1.58. The van der Waals surface area contributed by atoms with E-state index in [1.165, 1.54) is 39.0 Å². The lowest BCUT2D eigenvalue weighted by Gasteiger charge is -2.11. The van der Waals surface area contributed by atoms with Gasteiger partial charge in [-0.05, 0) is 35.6 Å². The molecule has 0 amide bonds. The van der Waals surface area contributed by atoms with Gasteiger partial charge in [-0.2, -0.15) is 4.57 Å². The minimum Gasteiger partial charge on any atom is -0.339 e. The van der Waals surface area contributed by atoms with Gasteiger partial charge in [-0.15, -0.1) is 0 Å². The van der Waals surface area contributed by atoms with E-state index >= 15 is 0 Å². The van der Waals surface area contributed by atoms with Crippen LogP contribution in [0.1, 0.15) is 30.2 Å². The van der Waals surface area contributed by atoms with E-state index in [0.717, 1.165) is 38.8 Å². The lowest BCUT2D eigenvalue weighted by atomic mass is 10.1. The van der Waals surface area contributed by atoms with Crippen LogP contribution < -0.4 is 4.57 Å². The molecule has 2 heteroatoms. The molecule has 34 heavy (non-hydrogen) atoms. The summed E-state index contributed by atoms with van der Waals surface area (Å²) in [7, 11) is 0. The summed E-state index contributed by atoms with van der Waals surface area (Å²) in [5.74, 6) is 0. The molecule has 0 saturated heterocycles. The van der Waals surface area contributed by atoms with Crippen LogP contribution in [0.3, 0.4) is 0 Å². The van der Waals surface area contributed by atoms with Gasteiger partial charge in [-0.3, -0.25) is 0 Å². The Kier molecular flexibility index (Phi) is 6.86. The van der Waals surface area contributed by atoms with Crippen LogP contribution in [0.2, 0.25) is 0 Å². The summed E-state index contributed by atoms with van der Waals surface area (Å²) in [6.07, 6.45) is 6.66. The van der Waals surface area contributed by atoms with Crippen LogP contribution in [0.25, 0.3) is 22.2 Å². The normalized spacial score (nSPS) is 11.2. The topological polar surface area (TPSA) is 8.81 Å². The molecule has 0 atom stereocenters. The third kappa shape index (κ3) is 4.97. The third-order valence-electron chi connectivity index (χ3n) is 6.66. The van der Waals surface area contributed by atoms with E-state index in [-0.39, 0.29) is 0 Å². The highest BCUT2D eigenvalue weighted by atomic mass is 15.0. The Morgan fingerprint density at radius 2 is 1.26 bits per heavy atom. The van der Waals surface area contributed by atoms with Crippen LogP contribution in [0.15, 0.2) is 109 Å². The van der Waals surface area contributed by atoms with Crippen LogP contribution in [-0.4, -0.2) is 4.57 Å². The first kappa shape index (κ1) is 22.2. The number of rotatable bonds is 9. The first-order chi connectivity index (χ1) is 16.8. The van der Waals surface area contributed by atoms with Gasteiger partial charge in [-0.1, -0.05) is 104 Å². The van der Waals surface area contributed by atoms with Crippen LogP contribution in [-0.2, 0) is 32.4 Å². The largest absolute Gasteiger partial charge is 0.339 e. The molecule has 0 radical (unpaired) electrons. The molecule has 2 nitrogen and oxygen atoms in total. The number of hydrogen-bond donors (Lipinski definition) is 0. The van der Waals surface area contributed by atoms with E-state index in [1.807, 2.05) is 0 Å². The second-order valence-corrected chi connectivity index (χ2v) is 9.07. The number of aromatic nitrogens is 2. The molecule has 0 unspecified atom stereocenters. The molecule has 0 N–H and O–H groups in total. The number of fused-ring (bicyclic) bond motifs is 1. The highest BCUT2D eigenvalue weighted by Gasteiger charge is 2.20. The number of aryl methyl sites for hydroxylation is 5. The number of nitrogens with zero attached hydrogens (tertiary/aromatic N) is 2. The standard InChI is InChI=1S/C32H33N2/c1-2-12-30-24-31-32(34(30)22-20-27-15-8-4-9-16-27)23-29(28-17-10-5-11-18-28)25-33(31)21-19-26-13-6-3-7-14-26/h3-11,13-18,23-25H,2,12,19-22H2,1H3/q+1. The fourth-order valence-electron chi connectivity index (χ4n) is 4.89. The van der Waals surface area contributed by atoms with Gasteiger partial charge in [-0.25, -0.2) is 0 Å². The average molecular weight is 446 g/mol. The number of benzene rings is 3. The smallest absolute Gasteiger partial charge is 0.230 e. The second-order valence-electron chi connectivity index (χ2n) is 9.07. The summed E-state index contributed by atoms with van der Waals surface area (Å²) >= 11 is 0. The molecule has 5 aromatic rings. The molecular formula is C32H33N2+. The third-order valence-corrected chi connectivity index (χ3v) is 6.66. The minimum absolute atomic E-state index is 0.968. The van der Waals surface area contributed by atoms with Gasteiger partial charge < -0.3 is 4.57 Å². The first-order valence-electron chi connectivity index (χ1n) is 12.5. The first-order valence-corrected chi connectivity index (χ1v) is 12.5. The second kappa shape index (κ2) is 10.5. The highest BCUT2D eigenvalue weighted by molar-refractivity contribution is 5.79. The maximum absolute atomic E-state index is 2.57. The van der Waals surface area contributed by atoms with Gasteiger partial charge in [0.2, 0.25) is 5.52 Å². The Hall–Kier alpha value is -3.65. The molecule has 3 aromatic carbocycles. The predicted molar refractivity (Wildman–Crippen MR) is 142 cm³/mol. The summed E-state index contributed by atoms with van der Waals surface area (Å²) in [5, 5.41) is 0. The molecule has 2 heterocycles. The fraction of sp³-hybridized carbons (Fsp3) is 0.219. The summed E-state index contributed by atoms with van der Waals surface area (Å²) < 4.78 is 5.04. The summed E-state index contributed by atoms with van der Waals surface area (Å²) in [4.78, 5) is 0. The minimum atomic E-state index is 0.968. The molecule has 170 valence electrons. The zero-order chi connectivity index (χ0) is 23.2. The Morgan fingerprint density at radius 3 is 1.91 bits per heavy atom. The molecule has 0 spiro atoms.